The first kappa shape index (κ1) is 20.0. The Balaban J connectivity index is 1.56. The van der Waals surface area contributed by atoms with Crippen LogP contribution in [-0.4, -0.2) is 28.3 Å². The zero-order valence-electron chi connectivity index (χ0n) is 15.1. The van der Waals surface area contributed by atoms with Gasteiger partial charge in [0.05, 0.1) is 5.25 Å². The number of hydrogen-bond donors (Lipinski definition) is 1. The summed E-state index contributed by atoms with van der Waals surface area (Å²) < 4.78 is 0. The lowest BCUT2D eigenvalue weighted by atomic mass is 10.0. The maximum atomic E-state index is 12.4. The van der Waals surface area contributed by atoms with Crippen LogP contribution in [0.25, 0.3) is 6.08 Å². The smallest absolute Gasteiger partial charge is 0.240 e. The van der Waals surface area contributed by atoms with E-state index in [0.29, 0.717) is 15.8 Å². The van der Waals surface area contributed by atoms with Crippen LogP contribution in [0.15, 0.2) is 64.8 Å². The van der Waals surface area contributed by atoms with Crippen molar-refractivity contribution in [1.29, 1.82) is 0 Å². The summed E-state index contributed by atoms with van der Waals surface area (Å²) >= 11 is 7.20. The lowest BCUT2D eigenvalue weighted by Crippen LogP contribution is -2.26. The van der Waals surface area contributed by atoms with Gasteiger partial charge in [0.1, 0.15) is 0 Å². The van der Waals surface area contributed by atoms with Crippen molar-refractivity contribution in [2.75, 3.05) is 0 Å². The van der Waals surface area contributed by atoms with Gasteiger partial charge in [0, 0.05) is 23.2 Å². The number of aryl methyl sites for hydroxylation is 1. The van der Waals surface area contributed by atoms with E-state index in [1.165, 1.54) is 11.8 Å². The summed E-state index contributed by atoms with van der Waals surface area (Å²) in [4.78, 5) is 24.5. The fourth-order valence-corrected chi connectivity index (χ4v) is 3.58. The quantitative estimate of drug-likeness (QED) is 0.432. The molecule has 1 aliphatic heterocycles. The third-order valence-corrected chi connectivity index (χ3v) is 5.51. The molecular formula is C21H18ClN3O2S. The molecule has 2 aromatic carbocycles. The van der Waals surface area contributed by atoms with E-state index in [1.807, 2.05) is 43.3 Å². The highest BCUT2D eigenvalue weighted by Crippen LogP contribution is 2.25. The number of amides is 1. The Kier molecular flexibility index (Phi) is 6.79. The Bertz CT molecular complexity index is 971. The molecule has 0 saturated carbocycles. The minimum atomic E-state index is -0.516. The summed E-state index contributed by atoms with van der Waals surface area (Å²) in [6, 6.07) is 14.9. The van der Waals surface area contributed by atoms with Gasteiger partial charge in [-0.2, -0.15) is 5.10 Å². The first-order valence-corrected chi connectivity index (χ1v) is 9.88. The van der Waals surface area contributed by atoms with Gasteiger partial charge in [-0.3, -0.25) is 9.59 Å². The van der Waals surface area contributed by atoms with Crippen molar-refractivity contribution >= 4 is 52.5 Å². The number of Topliss-reactive ketones (excluding diaryl/α,β-unsaturated/α-hetero) is 1. The number of carbonyl (C=O) groups is 2. The zero-order chi connectivity index (χ0) is 19.9. The van der Waals surface area contributed by atoms with Crippen molar-refractivity contribution in [3.05, 3.63) is 76.3 Å². The molecule has 1 amide bonds. The molecule has 1 atom stereocenters. The SMILES string of the molecule is Cc1cc(C(=O)C[C@@H]2S/C(=N/N=C\C=C\c3ccccc3)NC2=O)ccc1Cl. The summed E-state index contributed by atoms with van der Waals surface area (Å²) in [5.41, 5.74) is 2.43. The number of rotatable bonds is 6. The van der Waals surface area contributed by atoms with Crippen molar-refractivity contribution in [1.82, 2.24) is 5.32 Å². The molecule has 1 heterocycles. The first-order chi connectivity index (χ1) is 13.5. The van der Waals surface area contributed by atoms with Crippen LogP contribution < -0.4 is 5.32 Å². The van der Waals surface area contributed by atoms with Crippen LogP contribution >= 0.6 is 23.4 Å². The number of halogens is 1. The maximum Gasteiger partial charge on any atom is 0.240 e. The lowest BCUT2D eigenvalue weighted by Gasteiger charge is -2.06. The van der Waals surface area contributed by atoms with E-state index in [-0.39, 0.29) is 18.1 Å². The van der Waals surface area contributed by atoms with Gasteiger partial charge in [-0.15, -0.1) is 5.10 Å². The second-order valence-electron chi connectivity index (χ2n) is 6.13. The van der Waals surface area contributed by atoms with Crippen LogP contribution in [0.5, 0.6) is 0 Å². The molecule has 2 aromatic rings. The van der Waals surface area contributed by atoms with Gasteiger partial charge in [-0.25, -0.2) is 0 Å². The summed E-state index contributed by atoms with van der Waals surface area (Å²) in [6.07, 6.45) is 5.31. The van der Waals surface area contributed by atoms with Crippen LogP contribution in [0.4, 0.5) is 0 Å². The van der Waals surface area contributed by atoms with Crippen molar-refractivity contribution in [2.24, 2.45) is 10.2 Å². The van der Waals surface area contributed by atoms with E-state index >= 15 is 0 Å². The summed E-state index contributed by atoms with van der Waals surface area (Å²) in [5, 5.41) is 11.1. The summed E-state index contributed by atoms with van der Waals surface area (Å²) in [7, 11) is 0. The fraction of sp³-hybridized carbons (Fsp3) is 0.143. The van der Waals surface area contributed by atoms with Crippen molar-refractivity contribution in [3.63, 3.8) is 0 Å². The number of benzene rings is 2. The van der Waals surface area contributed by atoms with Gasteiger partial charge < -0.3 is 5.32 Å². The molecule has 1 fully saturated rings. The number of thioether (sulfide) groups is 1. The van der Waals surface area contributed by atoms with Crippen molar-refractivity contribution in [3.8, 4) is 0 Å². The highest BCUT2D eigenvalue weighted by Gasteiger charge is 2.32. The highest BCUT2D eigenvalue weighted by molar-refractivity contribution is 8.15. The normalized spacial score (nSPS) is 18.3. The molecule has 7 heteroatoms. The topological polar surface area (TPSA) is 70.9 Å². The predicted molar refractivity (Wildman–Crippen MR) is 116 cm³/mol. The first-order valence-electron chi connectivity index (χ1n) is 8.62. The molecule has 0 unspecified atom stereocenters. The Morgan fingerprint density at radius 2 is 2.04 bits per heavy atom. The molecule has 0 aromatic heterocycles. The summed E-state index contributed by atoms with van der Waals surface area (Å²) in [5.74, 6) is -0.347. The van der Waals surface area contributed by atoms with E-state index in [4.69, 9.17) is 11.6 Å². The summed E-state index contributed by atoms with van der Waals surface area (Å²) in [6.45, 7) is 1.84. The molecule has 0 radical (unpaired) electrons. The van der Waals surface area contributed by atoms with Crippen molar-refractivity contribution in [2.45, 2.75) is 18.6 Å². The third kappa shape index (κ3) is 5.41. The molecule has 3 rings (SSSR count). The van der Waals surface area contributed by atoms with E-state index in [2.05, 4.69) is 15.5 Å². The number of nitrogens with zero attached hydrogens (tertiary/aromatic N) is 2. The molecule has 0 spiro atoms. The number of allylic oxidation sites excluding steroid dienone is 1. The molecule has 1 aliphatic rings. The zero-order valence-corrected chi connectivity index (χ0v) is 16.7. The van der Waals surface area contributed by atoms with Crippen LogP contribution in [-0.2, 0) is 4.79 Å². The van der Waals surface area contributed by atoms with Crippen LogP contribution in [0.2, 0.25) is 5.02 Å². The third-order valence-electron chi connectivity index (χ3n) is 4.02. The number of hydrogen-bond acceptors (Lipinski definition) is 5. The molecule has 0 aliphatic carbocycles. The van der Waals surface area contributed by atoms with Crippen LogP contribution in [0, 0.1) is 6.92 Å². The van der Waals surface area contributed by atoms with Gasteiger partial charge >= 0.3 is 0 Å². The lowest BCUT2D eigenvalue weighted by molar-refractivity contribution is -0.118. The average molecular weight is 412 g/mol. The maximum absolute atomic E-state index is 12.4. The second kappa shape index (κ2) is 9.48. The Hall–Kier alpha value is -2.70. The van der Waals surface area contributed by atoms with E-state index in [0.717, 1.165) is 11.1 Å². The largest absolute Gasteiger partial charge is 0.303 e. The van der Waals surface area contributed by atoms with Crippen molar-refractivity contribution < 1.29 is 9.59 Å². The molecule has 142 valence electrons. The highest BCUT2D eigenvalue weighted by atomic mass is 35.5. The Morgan fingerprint density at radius 1 is 1.25 bits per heavy atom. The van der Waals surface area contributed by atoms with Crippen LogP contribution in [0.1, 0.15) is 27.9 Å². The van der Waals surface area contributed by atoms with E-state index < -0.39 is 5.25 Å². The molecule has 1 saturated heterocycles. The van der Waals surface area contributed by atoms with Gasteiger partial charge in [0.15, 0.2) is 11.0 Å². The molecule has 1 N–H and O–H groups in total. The number of ketones is 1. The van der Waals surface area contributed by atoms with Gasteiger partial charge in [0.2, 0.25) is 5.91 Å². The predicted octanol–water partition coefficient (Wildman–Crippen LogP) is 4.51. The Labute approximate surface area is 172 Å². The molecular weight excluding hydrogens is 394 g/mol. The second-order valence-corrected chi connectivity index (χ2v) is 7.73. The van der Waals surface area contributed by atoms with Crippen LogP contribution in [0.3, 0.4) is 0 Å². The minimum absolute atomic E-state index is 0.0915. The Morgan fingerprint density at radius 3 is 2.79 bits per heavy atom. The van der Waals surface area contributed by atoms with E-state index in [1.54, 1.807) is 30.5 Å². The monoisotopic (exact) mass is 411 g/mol. The van der Waals surface area contributed by atoms with Gasteiger partial charge in [-0.05, 0) is 42.3 Å². The molecule has 5 nitrogen and oxygen atoms in total. The van der Waals surface area contributed by atoms with E-state index in [9.17, 15) is 9.59 Å². The standard InChI is InChI=1S/C21H18ClN3O2S/c1-14-12-16(9-10-17(14)22)18(26)13-19-20(27)24-21(28-19)25-23-11-5-8-15-6-3-2-4-7-15/h2-12,19H,13H2,1H3,(H,24,25,27)/b8-5+,23-11-/t19-/m0/s1. The molecule has 28 heavy (non-hydrogen) atoms. The van der Waals surface area contributed by atoms with Gasteiger partial charge in [0.25, 0.3) is 0 Å². The number of amidine groups is 1. The fourth-order valence-electron chi connectivity index (χ4n) is 2.53. The minimum Gasteiger partial charge on any atom is -0.303 e. The number of carbonyl (C=O) groups excluding carboxylic acids is 2. The van der Waals surface area contributed by atoms with Gasteiger partial charge in [-0.1, -0.05) is 59.8 Å². The number of nitrogens with one attached hydrogen (secondary N) is 1. The average Bonchev–Trinajstić information content (AvgIpc) is 3.03. The molecule has 0 bridgehead atoms.